The van der Waals surface area contributed by atoms with Crippen molar-refractivity contribution in [2.45, 2.75) is 39.2 Å². The highest BCUT2D eigenvalue weighted by atomic mass is 16.1. The molecule has 0 aliphatic carbocycles. The van der Waals surface area contributed by atoms with Gasteiger partial charge in [0, 0.05) is 12.5 Å². The summed E-state index contributed by atoms with van der Waals surface area (Å²) in [6.07, 6.45) is 2.71. The monoisotopic (exact) mass is 260 g/mol. The molecule has 1 amide bonds. The quantitative estimate of drug-likeness (QED) is 0.904. The number of nitrogens with two attached hydrogens (primary N) is 1. The van der Waals surface area contributed by atoms with Gasteiger partial charge >= 0.3 is 0 Å². The number of aryl methyl sites for hydroxylation is 1. The first kappa shape index (κ1) is 14.1. The van der Waals surface area contributed by atoms with E-state index < -0.39 is 0 Å². The van der Waals surface area contributed by atoms with Crippen molar-refractivity contribution >= 4 is 5.91 Å². The summed E-state index contributed by atoms with van der Waals surface area (Å²) in [5.41, 5.74) is 7.97. The van der Waals surface area contributed by atoms with Crippen molar-refractivity contribution in [1.82, 2.24) is 4.90 Å². The highest BCUT2D eigenvalue weighted by molar-refractivity contribution is 5.73. The van der Waals surface area contributed by atoms with Crippen LogP contribution in [0.1, 0.15) is 43.4 Å². The summed E-state index contributed by atoms with van der Waals surface area (Å²) in [6.45, 7) is 6.53. The lowest BCUT2D eigenvalue weighted by Crippen LogP contribution is -2.36. The van der Waals surface area contributed by atoms with Gasteiger partial charge in [0.2, 0.25) is 5.91 Å². The molecule has 1 aromatic rings. The highest BCUT2D eigenvalue weighted by Gasteiger charge is 2.24. The molecular weight excluding hydrogens is 236 g/mol. The van der Waals surface area contributed by atoms with Gasteiger partial charge in [-0.05, 0) is 51.3 Å². The third-order valence-corrected chi connectivity index (χ3v) is 4.21. The van der Waals surface area contributed by atoms with Crippen molar-refractivity contribution < 1.29 is 4.79 Å². The van der Waals surface area contributed by atoms with Gasteiger partial charge in [-0.15, -0.1) is 0 Å². The number of piperidine rings is 1. The number of nitrogens with zero attached hydrogens (tertiary/aromatic N) is 1. The minimum absolute atomic E-state index is 0.162. The fraction of sp³-hybridized carbons (Fsp3) is 0.562. The molecule has 0 radical (unpaired) electrons. The van der Waals surface area contributed by atoms with Crippen LogP contribution in [-0.4, -0.2) is 23.9 Å². The SMILES string of the molecule is Cc1cccc([C@@H](C)N2CCC(CC(N)=O)CC2)c1. The van der Waals surface area contributed by atoms with Crippen molar-refractivity contribution in [3.63, 3.8) is 0 Å². The van der Waals surface area contributed by atoms with Crippen LogP contribution in [0.2, 0.25) is 0 Å². The fourth-order valence-corrected chi connectivity index (χ4v) is 2.97. The Bertz CT molecular complexity index is 436. The van der Waals surface area contributed by atoms with Crippen LogP contribution < -0.4 is 5.73 Å². The third-order valence-electron chi connectivity index (χ3n) is 4.21. The predicted molar refractivity (Wildman–Crippen MR) is 77.7 cm³/mol. The topological polar surface area (TPSA) is 46.3 Å². The Morgan fingerprint density at radius 1 is 1.42 bits per heavy atom. The van der Waals surface area contributed by atoms with E-state index in [1.807, 2.05) is 0 Å². The average Bonchev–Trinajstić information content (AvgIpc) is 2.38. The van der Waals surface area contributed by atoms with E-state index in [4.69, 9.17) is 5.73 Å². The number of amides is 1. The van der Waals surface area contributed by atoms with E-state index in [0.29, 0.717) is 18.4 Å². The van der Waals surface area contributed by atoms with E-state index in [1.54, 1.807) is 0 Å². The molecule has 1 fully saturated rings. The molecule has 104 valence electrons. The van der Waals surface area contributed by atoms with Crippen LogP contribution in [0.5, 0.6) is 0 Å². The molecule has 1 aliphatic heterocycles. The van der Waals surface area contributed by atoms with Gasteiger partial charge in [-0.2, -0.15) is 0 Å². The molecule has 3 nitrogen and oxygen atoms in total. The number of hydrogen-bond acceptors (Lipinski definition) is 2. The van der Waals surface area contributed by atoms with E-state index >= 15 is 0 Å². The van der Waals surface area contributed by atoms with Gasteiger partial charge in [0.15, 0.2) is 0 Å². The summed E-state index contributed by atoms with van der Waals surface area (Å²) in [5, 5.41) is 0. The lowest BCUT2D eigenvalue weighted by atomic mass is 9.91. The normalized spacial score (nSPS) is 19.3. The maximum absolute atomic E-state index is 11.0. The van der Waals surface area contributed by atoms with Crippen molar-refractivity contribution in [1.29, 1.82) is 0 Å². The number of benzene rings is 1. The van der Waals surface area contributed by atoms with Crippen LogP contribution >= 0.6 is 0 Å². The second-order valence-corrected chi connectivity index (χ2v) is 5.74. The Morgan fingerprint density at radius 3 is 2.68 bits per heavy atom. The first-order chi connectivity index (χ1) is 9.06. The standard InChI is InChI=1S/C16H24N2O/c1-12-4-3-5-15(10-12)13(2)18-8-6-14(7-9-18)11-16(17)19/h3-5,10,13-14H,6-9,11H2,1-2H3,(H2,17,19)/t13-/m1/s1. The number of hydrogen-bond donors (Lipinski definition) is 1. The maximum Gasteiger partial charge on any atom is 0.217 e. The molecule has 0 spiro atoms. The first-order valence-electron chi connectivity index (χ1n) is 7.15. The lowest BCUT2D eigenvalue weighted by molar-refractivity contribution is -0.119. The van der Waals surface area contributed by atoms with Crippen LogP contribution in [0, 0.1) is 12.8 Å². The summed E-state index contributed by atoms with van der Waals surface area (Å²) in [6, 6.07) is 9.18. The number of carbonyl (C=O) groups is 1. The summed E-state index contributed by atoms with van der Waals surface area (Å²) >= 11 is 0. The molecule has 0 unspecified atom stereocenters. The van der Waals surface area contributed by atoms with E-state index in [-0.39, 0.29) is 5.91 Å². The highest BCUT2D eigenvalue weighted by Crippen LogP contribution is 2.28. The molecule has 1 aromatic carbocycles. The van der Waals surface area contributed by atoms with Crippen molar-refractivity contribution in [3.8, 4) is 0 Å². The molecular formula is C16H24N2O. The van der Waals surface area contributed by atoms with E-state index in [0.717, 1.165) is 25.9 Å². The molecule has 3 heteroatoms. The van der Waals surface area contributed by atoms with Crippen LogP contribution in [0.4, 0.5) is 0 Å². The van der Waals surface area contributed by atoms with Crippen molar-refractivity contribution in [3.05, 3.63) is 35.4 Å². The van der Waals surface area contributed by atoms with E-state index in [2.05, 4.69) is 43.0 Å². The summed E-state index contributed by atoms with van der Waals surface area (Å²) in [4.78, 5) is 13.5. The van der Waals surface area contributed by atoms with Crippen LogP contribution in [0.3, 0.4) is 0 Å². The molecule has 19 heavy (non-hydrogen) atoms. The number of carbonyl (C=O) groups excluding carboxylic acids is 1. The Labute approximate surface area is 115 Å². The summed E-state index contributed by atoms with van der Waals surface area (Å²) in [7, 11) is 0. The number of likely N-dealkylation sites (tertiary alicyclic amines) is 1. The zero-order chi connectivity index (χ0) is 13.8. The van der Waals surface area contributed by atoms with Gasteiger partial charge in [-0.1, -0.05) is 29.8 Å². The fourth-order valence-electron chi connectivity index (χ4n) is 2.97. The molecule has 2 rings (SSSR count). The molecule has 0 saturated carbocycles. The second kappa shape index (κ2) is 6.20. The molecule has 1 atom stereocenters. The molecule has 1 heterocycles. The van der Waals surface area contributed by atoms with Gasteiger partial charge in [0.25, 0.3) is 0 Å². The largest absolute Gasteiger partial charge is 0.370 e. The zero-order valence-corrected chi connectivity index (χ0v) is 11.9. The predicted octanol–water partition coefficient (Wildman–Crippen LogP) is 2.64. The van der Waals surface area contributed by atoms with Gasteiger partial charge in [0.05, 0.1) is 0 Å². The Kier molecular flexibility index (Phi) is 4.59. The second-order valence-electron chi connectivity index (χ2n) is 5.74. The first-order valence-corrected chi connectivity index (χ1v) is 7.15. The molecule has 0 aromatic heterocycles. The number of primary amides is 1. The lowest BCUT2D eigenvalue weighted by Gasteiger charge is -2.36. The summed E-state index contributed by atoms with van der Waals surface area (Å²) in [5.74, 6) is 0.323. The third kappa shape index (κ3) is 3.80. The van der Waals surface area contributed by atoms with Crippen molar-refractivity contribution in [2.24, 2.45) is 11.7 Å². The van der Waals surface area contributed by atoms with Gasteiger partial charge in [-0.3, -0.25) is 9.69 Å². The van der Waals surface area contributed by atoms with E-state index in [1.165, 1.54) is 11.1 Å². The zero-order valence-electron chi connectivity index (χ0n) is 11.9. The Morgan fingerprint density at radius 2 is 2.11 bits per heavy atom. The minimum Gasteiger partial charge on any atom is -0.370 e. The molecule has 0 bridgehead atoms. The van der Waals surface area contributed by atoms with Crippen molar-refractivity contribution in [2.75, 3.05) is 13.1 Å². The number of rotatable bonds is 4. The van der Waals surface area contributed by atoms with Crippen LogP contribution in [-0.2, 0) is 4.79 Å². The van der Waals surface area contributed by atoms with Crippen LogP contribution in [0.25, 0.3) is 0 Å². The van der Waals surface area contributed by atoms with Gasteiger partial charge in [0.1, 0.15) is 0 Å². The Hall–Kier alpha value is -1.35. The molecule has 1 saturated heterocycles. The Balaban J connectivity index is 1.92. The van der Waals surface area contributed by atoms with Gasteiger partial charge < -0.3 is 5.73 Å². The van der Waals surface area contributed by atoms with Gasteiger partial charge in [-0.25, -0.2) is 0 Å². The molecule has 2 N–H and O–H groups in total. The molecule has 1 aliphatic rings. The smallest absolute Gasteiger partial charge is 0.217 e. The minimum atomic E-state index is -0.162. The average molecular weight is 260 g/mol. The van der Waals surface area contributed by atoms with Crippen LogP contribution in [0.15, 0.2) is 24.3 Å². The van der Waals surface area contributed by atoms with E-state index in [9.17, 15) is 4.79 Å². The maximum atomic E-state index is 11.0. The summed E-state index contributed by atoms with van der Waals surface area (Å²) < 4.78 is 0.